The largest absolute Gasteiger partial charge is 0.326 e. The van der Waals surface area contributed by atoms with Crippen LogP contribution in [-0.4, -0.2) is 31.7 Å². The van der Waals surface area contributed by atoms with Gasteiger partial charge in [0.25, 0.3) is 0 Å². The van der Waals surface area contributed by atoms with Crippen molar-refractivity contribution >= 4 is 44.8 Å². The molecule has 2 aromatic carbocycles. The molecule has 1 aliphatic rings. The van der Waals surface area contributed by atoms with E-state index < -0.39 is 15.9 Å². The first-order valence-corrected chi connectivity index (χ1v) is 11.2. The molecule has 6 nitrogen and oxygen atoms in total. The van der Waals surface area contributed by atoms with Crippen LogP contribution in [0.3, 0.4) is 0 Å². The van der Waals surface area contributed by atoms with Crippen molar-refractivity contribution in [2.45, 2.75) is 24.2 Å². The Morgan fingerprint density at radius 1 is 1.21 bits per heavy atom. The number of carbonyl (C=O) groups is 1. The first-order valence-electron chi connectivity index (χ1n) is 9.03. The first kappa shape index (κ1) is 21.6. The van der Waals surface area contributed by atoms with Gasteiger partial charge in [-0.05, 0) is 48.7 Å². The van der Waals surface area contributed by atoms with Crippen LogP contribution in [0.25, 0.3) is 0 Å². The van der Waals surface area contributed by atoms with Gasteiger partial charge in [-0.1, -0.05) is 35.3 Å². The second kappa shape index (κ2) is 9.14. The summed E-state index contributed by atoms with van der Waals surface area (Å²) < 4.78 is 27.3. The van der Waals surface area contributed by atoms with Gasteiger partial charge in [-0.3, -0.25) is 4.79 Å². The Morgan fingerprint density at radius 3 is 2.62 bits per heavy atom. The van der Waals surface area contributed by atoms with E-state index >= 15 is 0 Å². The molecule has 1 atom stereocenters. The molecular formula is C20H19Cl2N3O3S. The van der Waals surface area contributed by atoms with Gasteiger partial charge in [0.1, 0.15) is 4.90 Å². The van der Waals surface area contributed by atoms with Crippen molar-refractivity contribution in [1.29, 1.82) is 5.26 Å². The highest BCUT2D eigenvalue weighted by atomic mass is 35.5. The van der Waals surface area contributed by atoms with Gasteiger partial charge in [0.15, 0.2) is 0 Å². The molecule has 3 rings (SSSR count). The zero-order valence-corrected chi connectivity index (χ0v) is 17.8. The van der Waals surface area contributed by atoms with Gasteiger partial charge in [-0.25, -0.2) is 8.42 Å². The van der Waals surface area contributed by atoms with Crippen molar-refractivity contribution in [2.24, 2.45) is 5.92 Å². The van der Waals surface area contributed by atoms with Gasteiger partial charge in [0, 0.05) is 23.8 Å². The molecule has 152 valence electrons. The predicted molar refractivity (Wildman–Crippen MR) is 112 cm³/mol. The summed E-state index contributed by atoms with van der Waals surface area (Å²) in [5, 5.41) is 11.9. The molecule has 0 spiro atoms. The Kier molecular flexibility index (Phi) is 6.81. The summed E-state index contributed by atoms with van der Waals surface area (Å²) in [6, 6.07) is 13.4. The van der Waals surface area contributed by atoms with E-state index in [-0.39, 0.29) is 27.4 Å². The average molecular weight is 452 g/mol. The third-order valence-corrected chi connectivity index (χ3v) is 7.35. The summed E-state index contributed by atoms with van der Waals surface area (Å²) in [5.74, 6) is -0.717. The van der Waals surface area contributed by atoms with Gasteiger partial charge in [-0.2, -0.15) is 9.57 Å². The predicted octanol–water partition coefficient (Wildman–Crippen LogP) is 4.10. The van der Waals surface area contributed by atoms with E-state index in [1.54, 1.807) is 24.3 Å². The number of benzene rings is 2. The quantitative estimate of drug-likeness (QED) is 0.740. The van der Waals surface area contributed by atoms with Gasteiger partial charge >= 0.3 is 0 Å². The number of anilines is 1. The molecule has 0 saturated carbocycles. The normalized spacial score (nSPS) is 17.5. The molecule has 29 heavy (non-hydrogen) atoms. The fourth-order valence-corrected chi connectivity index (χ4v) is 5.49. The number of halogens is 2. The summed E-state index contributed by atoms with van der Waals surface area (Å²) in [6.07, 6.45) is 1.46. The number of amides is 1. The van der Waals surface area contributed by atoms with Crippen LogP contribution >= 0.6 is 23.2 Å². The molecule has 1 fully saturated rings. The maximum Gasteiger partial charge on any atom is 0.244 e. The lowest BCUT2D eigenvalue weighted by molar-refractivity contribution is -0.120. The van der Waals surface area contributed by atoms with Crippen LogP contribution in [0, 0.1) is 17.2 Å². The van der Waals surface area contributed by atoms with E-state index in [4.69, 9.17) is 28.5 Å². The first-order chi connectivity index (χ1) is 13.8. The van der Waals surface area contributed by atoms with Crippen LogP contribution in [0.2, 0.25) is 10.0 Å². The number of nitriles is 1. The lowest BCUT2D eigenvalue weighted by Crippen LogP contribution is -2.43. The standard InChI is InChI=1S/C20H19Cl2N3O3S/c21-16-5-8-18(22)19(12-16)29(27,28)25-11-1-2-15(13-25)20(26)24-17-6-3-14(4-7-17)9-10-23/h3-8,12,15H,1-2,9,11,13H2,(H,24,26)/t15-/m0/s1. The molecule has 1 saturated heterocycles. The average Bonchev–Trinajstić information content (AvgIpc) is 2.71. The van der Waals surface area contributed by atoms with Crippen LogP contribution in [0.15, 0.2) is 47.4 Å². The Hall–Kier alpha value is -2.11. The minimum atomic E-state index is -3.86. The van der Waals surface area contributed by atoms with Crippen molar-refractivity contribution in [3.8, 4) is 6.07 Å². The molecule has 2 aromatic rings. The molecule has 0 aliphatic carbocycles. The van der Waals surface area contributed by atoms with E-state index in [0.717, 1.165) is 5.56 Å². The summed E-state index contributed by atoms with van der Waals surface area (Å²) in [4.78, 5) is 12.6. The number of carbonyl (C=O) groups excluding carboxylic acids is 1. The Morgan fingerprint density at radius 2 is 1.93 bits per heavy atom. The number of sulfonamides is 1. The van der Waals surface area contributed by atoms with E-state index in [1.165, 1.54) is 22.5 Å². The molecule has 1 heterocycles. The second-order valence-electron chi connectivity index (χ2n) is 6.80. The zero-order valence-electron chi connectivity index (χ0n) is 15.4. The van der Waals surface area contributed by atoms with Crippen molar-refractivity contribution in [1.82, 2.24) is 4.31 Å². The third-order valence-electron chi connectivity index (χ3n) is 4.77. The molecule has 0 bridgehead atoms. The Bertz CT molecular complexity index is 1050. The number of nitrogens with zero attached hydrogens (tertiary/aromatic N) is 2. The zero-order chi connectivity index (χ0) is 21.0. The van der Waals surface area contributed by atoms with Gasteiger partial charge in [0.2, 0.25) is 15.9 Å². The molecule has 0 aromatic heterocycles. The summed E-state index contributed by atoms with van der Waals surface area (Å²) in [7, 11) is -3.86. The van der Waals surface area contributed by atoms with E-state index in [0.29, 0.717) is 31.5 Å². The molecule has 1 amide bonds. The molecule has 0 unspecified atom stereocenters. The lowest BCUT2D eigenvalue weighted by Gasteiger charge is -2.31. The topological polar surface area (TPSA) is 90.3 Å². The smallest absolute Gasteiger partial charge is 0.244 e. The maximum absolute atomic E-state index is 13.0. The second-order valence-corrected chi connectivity index (χ2v) is 9.55. The number of piperidine rings is 1. The fourth-order valence-electron chi connectivity index (χ4n) is 3.23. The van der Waals surface area contributed by atoms with Gasteiger partial charge in [-0.15, -0.1) is 0 Å². The summed E-state index contributed by atoms with van der Waals surface area (Å²) >= 11 is 12.0. The van der Waals surface area contributed by atoms with Crippen LogP contribution in [0.4, 0.5) is 5.69 Å². The van der Waals surface area contributed by atoms with E-state index in [2.05, 4.69) is 11.4 Å². The van der Waals surface area contributed by atoms with Crippen LogP contribution in [0.5, 0.6) is 0 Å². The highest BCUT2D eigenvalue weighted by molar-refractivity contribution is 7.89. The minimum Gasteiger partial charge on any atom is -0.326 e. The fraction of sp³-hybridized carbons (Fsp3) is 0.300. The van der Waals surface area contributed by atoms with Crippen molar-refractivity contribution in [3.63, 3.8) is 0 Å². The number of nitrogens with one attached hydrogen (secondary N) is 1. The number of rotatable bonds is 5. The van der Waals surface area contributed by atoms with Crippen molar-refractivity contribution in [3.05, 3.63) is 58.1 Å². The molecule has 1 aliphatic heterocycles. The Balaban J connectivity index is 1.72. The van der Waals surface area contributed by atoms with Gasteiger partial charge < -0.3 is 5.32 Å². The SMILES string of the molecule is N#CCc1ccc(NC(=O)[C@H]2CCCN(S(=O)(=O)c3cc(Cl)ccc3Cl)C2)cc1. The lowest BCUT2D eigenvalue weighted by atomic mass is 9.98. The minimum absolute atomic E-state index is 0.0548. The van der Waals surface area contributed by atoms with E-state index in [1.807, 2.05) is 0 Å². The van der Waals surface area contributed by atoms with Crippen LogP contribution in [0.1, 0.15) is 18.4 Å². The molecule has 9 heteroatoms. The molecule has 0 radical (unpaired) electrons. The number of hydrogen-bond acceptors (Lipinski definition) is 4. The van der Waals surface area contributed by atoms with Crippen molar-refractivity contribution in [2.75, 3.05) is 18.4 Å². The summed E-state index contributed by atoms with van der Waals surface area (Å²) in [5.41, 5.74) is 1.47. The van der Waals surface area contributed by atoms with Crippen LogP contribution < -0.4 is 5.32 Å². The third kappa shape index (κ3) is 5.09. The summed E-state index contributed by atoms with van der Waals surface area (Å²) in [6.45, 7) is 0.390. The van der Waals surface area contributed by atoms with E-state index in [9.17, 15) is 13.2 Å². The van der Waals surface area contributed by atoms with Crippen LogP contribution in [-0.2, 0) is 21.2 Å². The Labute approximate surface area is 180 Å². The maximum atomic E-state index is 13.0. The van der Waals surface area contributed by atoms with Crippen molar-refractivity contribution < 1.29 is 13.2 Å². The highest BCUT2D eigenvalue weighted by Crippen LogP contribution is 2.30. The molecule has 1 N–H and O–H groups in total. The van der Waals surface area contributed by atoms with Gasteiger partial charge in [0.05, 0.1) is 23.4 Å². The number of hydrogen-bond donors (Lipinski definition) is 1. The monoisotopic (exact) mass is 451 g/mol. The highest BCUT2D eigenvalue weighted by Gasteiger charge is 2.34. The molecular weight excluding hydrogens is 433 g/mol.